The molecule has 3 rings (SSSR count). The first kappa shape index (κ1) is 13.7. The van der Waals surface area contributed by atoms with E-state index >= 15 is 0 Å². The van der Waals surface area contributed by atoms with Crippen molar-refractivity contribution >= 4 is 17.0 Å². The van der Waals surface area contributed by atoms with Crippen LogP contribution in [0.15, 0.2) is 23.1 Å². The number of fused-ring (bicyclic) bond motifs is 1. The van der Waals surface area contributed by atoms with Crippen molar-refractivity contribution in [2.24, 2.45) is 0 Å². The zero-order chi connectivity index (χ0) is 15.1. The minimum absolute atomic E-state index is 0.0155. The van der Waals surface area contributed by atoms with Crippen molar-refractivity contribution in [2.45, 2.75) is 32.3 Å². The number of aryl methyl sites for hydroxylation is 1. The summed E-state index contributed by atoms with van der Waals surface area (Å²) in [6.45, 7) is 1.75. The van der Waals surface area contributed by atoms with Crippen molar-refractivity contribution in [1.29, 1.82) is 0 Å². The van der Waals surface area contributed by atoms with Gasteiger partial charge >= 0.3 is 6.09 Å². The van der Waals surface area contributed by atoms with Crippen LogP contribution in [0.3, 0.4) is 0 Å². The van der Waals surface area contributed by atoms with Gasteiger partial charge in [0, 0.05) is 23.2 Å². The molecular formula is C15H13F2NO3. The van der Waals surface area contributed by atoms with Gasteiger partial charge in [0.15, 0.2) is 17.1 Å². The van der Waals surface area contributed by atoms with Gasteiger partial charge in [-0.3, -0.25) is 9.36 Å². The summed E-state index contributed by atoms with van der Waals surface area (Å²) in [5, 5.41) is -0.0269. The molecule has 0 spiro atoms. The summed E-state index contributed by atoms with van der Waals surface area (Å²) in [4.78, 5) is 24.3. The van der Waals surface area contributed by atoms with E-state index in [0.29, 0.717) is 12.0 Å². The van der Waals surface area contributed by atoms with Gasteiger partial charge in [-0.05, 0) is 25.3 Å². The van der Waals surface area contributed by atoms with Crippen molar-refractivity contribution in [1.82, 2.24) is 4.57 Å². The molecule has 4 nitrogen and oxygen atoms in total. The number of aromatic nitrogens is 1. The van der Waals surface area contributed by atoms with E-state index in [1.165, 1.54) is 6.20 Å². The predicted molar refractivity (Wildman–Crippen MR) is 72.4 cm³/mol. The van der Waals surface area contributed by atoms with Crippen LogP contribution in [0, 0.1) is 11.6 Å². The summed E-state index contributed by atoms with van der Waals surface area (Å²) >= 11 is 0. The average molecular weight is 293 g/mol. The van der Waals surface area contributed by atoms with Crippen molar-refractivity contribution < 1.29 is 18.3 Å². The summed E-state index contributed by atoms with van der Waals surface area (Å²) in [7, 11) is 0. The molecule has 0 N–H and O–H groups in total. The zero-order valence-corrected chi connectivity index (χ0v) is 11.4. The van der Waals surface area contributed by atoms with Crippen LogP contribution in [0.25, 0.3) is 10.9 Å². The van der Waals surface area contributed by atoms with Crippen LogP contribution in [0.1, 0.15) is 25.3 Å². The average Bonchev–Trinajstić information content (AvgIpc) is 3.25. The second-order valence-corrected chi connectivity index (χ2v) is 5.07. The lowest BCUT2D eigenvalue weighted by Gasteiger charge is -2.12. The number of rotatable bonds is 2. The Morgan fingerprint density at radius 1 is 1.33 bits per heavy atom. The predicted octanol–water partition coefficient (Wildman–Crippen LogP) is 2.99. The van der Waals surface area contributed by atoms with Crippen LogP contribution in [-0.2, 0) is 11.2 Å². The van der Waals surface area contributed by atoms with E-state index in [0.717, 1.165) is 29.5 Å². The number of benzene rings is 1. The molecule has 1 heterocycles. The maximum Gasteiger partial charge on any atom is 0.418 e. The molecule has 1 aliphatic rings. The topological polar surface area (TPSA) is 48.3 Å². The zero-order valence-electron chi connectivity index (χ0n) is 11.4. The molecule has 0 saturated heterocycles. The molecule has 0 aliphatic heterocycles. The maximum absolute atomic E-state index is 13.4. The summed E-state index contributed by atoms with van der Waals surface area (Å²) in [5.74, 6) is -2.23. The number of halogens is 2. The third kappa shape index (κ3) is 2.41. The van der Waals surface area contributed by atoms with E-state index in [9.17, 15) is 18.4 Å². The normalized spacial score (nSPS) is 14.4. The highest BCUT2D eigenvalue weighted by atomic mass is 19.2. The van der Waals surface area contributed by atoms with Crippen molar-refractivity contribution in [3.63, 3.8) is 0 Å². The first-order valence-electron chi connectivity index (χ1n) is 6.75. The molecule has 0 bridgehead atoms. The number of pyridine rings is 1. The van der Waals surface area contributed by atoms with Gasteiger partial charge < -0.3 is 4.74 Å². The largest absolute Gasteiger partial charge is 0.446 e. The van der Waals surface area contributed by atoms with E-state index in [-0.39, 0.29) is 17.0 Å². The highest BCUT2D eigenvalue weighted by Gasteiger charge is 2.27. The molecular weight excluding hydrogens is 280 g/mol. The molecule has 21 heavy (non-hydrogen) atoms. The van der Waals surface area contributed by atoms with Gasteiger partial charge in [-0.25, -0.2) is 13.6 Å². The SMILES string of the molecule is CCc1cn(C(=O)OC2CC2)c2cc(F)c(F)cc2c1=O. The Kier molecular flexibility index (Phi) is 3.23. The number of ether oxygens (including phenoxy) is 1. The Hall–Kier alpha value is -2.24. The van der Waals surface area contributed by atoms with E-state index in [2.05, 4.69) is 0 Å². The standard InChI is InChI=1S/C15H13F2NO3/c1-2-8-7-18(15(20)21-9-3-4-9)13-6-12(17)11(16)5-10(13)14(8)19/h5-7,9H,2-4H2,1H3. The molecule has 0 amide bonds. The lowest BCUT2D eigenvalue weighted by atomic mass is 10.1. The fourth-order valence-corrected chi connectivity index (χ4v) is 2.16. The number of carbonyl (C=O) groups excluding carboxylic acids is 1. The third-order valence-corrected chi connectivity index (χ3v) is 3.49. The van der Waals surface area contributed by atoms with E-state index in [1.807, 2.05) is 0 Å². The minimum Gasteiger partial charge on any atom is -0.446 e. The number of hydrogen-bond donors (Lipinski definition) is 0. The van der Waals surface area contributed by atoms with Gasteiger partial charge in [0.2, 0.25) is 0 Å². The Labute approximate surface area is 118 Å². The van der Waals surface area contributed by atoms with Crippen molar-refractivity contribution in [3.05, 3.63) is 45.8 Å². The molecule has 0 radical (unpaired) electrons. The van der Waals surface area contributed by atoms with Crippen LogP contribution in [0.2, 0.25) is 0 Å². The Bertz CT molecular complexity index is 794. The molecule has 110 valence electrons. The summed E-state index contributed by atoms with van der Waals surface area (Å²) in [5.41, 5.74) is -0.0372. The Morgan fingerprint density at radius 2 is 2.00 bits per heavy atom. The lowest BCUT2D eigenvalue weighted by Crippen LogP contribution is -2.21. The fourth-order valence-electron chi connectivity index (χ4n) is 2.16. The number of nitrogens with zero attached hydrogens (tertiary/aromatic N) is 1. The minimum atomic E-state index is -1.12. The van der Waals surface area contributed by atoms with Crippen LogP contribution in [0.5, 0.6) is 0 Å². The van der Waals surface area contributed by atoms with E-state index < -0.39 is 23.2 Å². The molecule has 0 unspecified atom stereocenters. The Morgan fingerprint density at radius 3 is 2.62 bits per heavy atom. The highest BCUT2D eigenvalue weighted by Crippen LogP contribution is 2.25. The first-order valence-corrected chi connectivity index (χ1v) is 6.75. The smallest absolute Gasteiger partial charge is 0.418 e. The second kappa shape index (κ2) is 4.95. The third-order valence-electron chi connectivity index (χ3n) is 3.49. The second-order valence-electron chi connectivity index (χ2n) is 5.07. The highest BCUT2D eigenvalue weighted by molar-refractivity contribution is 5.88. The van der Waals surface area contributed by atoms with Gasteiger partial charge in [0.1, 0.15) is 6.10 Å². The monoisotopic (exact) mass is 293 g/mol. The van der Waals surface area contributed by atoms with E-state index in [1.54, 1.807) is 6.92 Å². The molecule has 1 aromatic carbocycles. The fraction of sp³-hybridized carbons (Fsp3) is 0.333. The maximum atomic E-state index is 13.4. The molecule has 1 fully saturated rings. The molecule has 2 aromatic rings. The van der Waals surface area contributed by atoms with Crippen LogP contribution in [-0.4, -0.2) is 16.8 Å². The summed E-state index contributed by atoms with van der Waals surface area (Å²) in [6, 6.07) is 1.67. The summed E-state index contributed by atoms with van der Waals surface area (Å²) < 4.78 is 33.1. The van der Waals surface area contributed by atoms with Crippen LogP contribution < -0.4 is 5.43 Å². The van der Waals surface area contributed by atoms with Gasteiger partial charge in [0.05, 0.1) is 5.52 Å². The molecule has 1 saturated carbocycles. The molecule has 1 aliphatic carbocycles. The molecule has 1 aromatic heterocycles. The number of carbonyl (C=O) groups is 1. The van der Waals surface area contributed by atoms with Gasteiger partial charge in [0.25, 0.3) is 0 Å². The van der Waals surface area contributed by atoms with Crippen molar-refractivity contribution in [2.75, 3.05) is 0 Å². The van der Waals surface area contributed by atoms with Gasteiger partial charge in [-0.1, -0.05) is 6.92 Å². The number of hydrogen-bond acceptors (Lipinski definition) is 3. The van der Waals surface area contributed by atoms with Crippen molar-refractivity contribution in [3.8, 4) is 0 Å². The van der Waals surface area contributed by atoms with Crippen LogP contribution >= 0.6 is 0 Å². The Balaban J connectivity index is 2.25. The first-order chi connectivity index (χ1) is 10.0. The van der Waals surface area contributed by atoms with E-state index in [4.69, 9.17) is 4.74 Å². The molecule has 0 atom stereocenters. The van der Waals surface area contributed by atoms with Gasteiger partial charge in [-0.15, -0.1) is 0 Å². The lowest BCUT2D eigenvalue weighted by molar-refractivity contribution is 0.141. The quantitative estimate of drug-likeness (QED) is 0.855. The van der Waals surface area contributed by atoms with Gasteiger partial charge in [-0.2, -0.15) is 0 Å². The molecule has 6 heteroatoms. The van der Waals surface area contributed by atoms with Crippen LogP contribution in [0.4, 0.5) is 13.6 Å². The summed E-state index contributed by atoms with van der Waals surface area (Å²) in [6.07, 6.45) is 2.52.